The third-order valence-corrected chi connectivity index (χ3v) is 5.12. The van der Waals surface area contributed by atoms with Gasteiger partial charge >= 0.3 is 6.09 Å². The molecular formula is C21H21N3O3. The number of pyridine rings is 1. The van der Waals surface area contributed by atoms with Gasteiger partial charge in [0.25, 0.3) is 5.91 Å². The van der Waals surface area contributed by atoms with Gasteiger partial charge in [0.05, 0.1) is 18.2 Å². The minimum atomic E-state index is -0.315. The fourth-order valence-corrected chi connectivity index (χ4v) is 3.70. The Morgan fingerprint density at radius 3 is 2.63 bits per heavy atom. The Kier molecular flexibility index (Phi) is 4.62. The molecule has 0 saturated carbocycles. The summed E-state index contributed by atoms with van der Waals surface area (Å²) in [6.45, 7) is 1.16. The van der Waals surface area contributed by atoms with Crippen LogP contribution >= 0.6 is 0 Å². The average Bonchev–Trinajstić information content (AvgIpc) is 2.73. The molecule has 6 nitrogen and oxygen atoms in total. The molecule has 2 heterocycles. The Bertz CT molecular complexity index is 1010. The molecule has 0 unspecified atom stereocenters. The summed E-state index contributed by atoms with van der Waals surface area (Å²) in [5.74, 6) is -0.124. The number of carbonyl (C=O) groups excluding carboxylic acids is 2. The third-order valence-electron chi connectivity index (χ3n) is 5.12. The summed E-state index contributed by atoms with van der Waals surface area (Å²) in [4.78, 5) is 30.7. The summed E-state index contributed by atoms with van der Waals surface area (Å²) in [5.41, 5.74) is 1.29. The molecule has 3 aromatic rings. The van der Waals surface area contributed by atoms with E-state index in [4.69, 9.17) is 4.74 Å². The zero-order chi connectivity index (χ0) is 18.8. The molecule has 4 rings (SSSR count). The van der Waals surface area contributed by atoms with Gasteiger partial charge in [-0.05, 0) is 35.7 Å². The van der Waals surface area contributed by atoms with Gasteiger partial charge in [-0.15, -0.1) is 0 Å². The lowest BCUT2D eigenvalue weighted by Gasteiger charge is -2.31. The van der Waals surface area contributed by atoms with Crippen molar-refractivity contribution in [2.75, 3.05) is 20.2 Å². The maximum atomic E-state index is 13.0. The highest BCUT2D eigenvalue weighted by Crippen LogP contribution is 2.27. The first kappa shape index (κ1) is 17.3. The minimum absolute atomic E-state index is 0.0311. The Balaban J connectivity index is 1.59. The molecule has 0 bridgehead atoms. The number of ether oxygens (including phenoxy) is 1. The van der Waals surface area contributed by atoms with E-state index in [2.05, 4.69) is 10.3 Å². The van der Waals surface area contributed by atoms with Gasteiger partial charge in [-0.3, -0.25) is 9.78 Å². The van der Waals surface area contributed by atoms with Crippen molar-refractivity contribution in [3.05, 3.63) is 54.2 Å². The number of benzene rings is 2. The highest BCUT2D eigenvalue weighted by molar-refractivity contribution is 6.15. The Labute approximate surface area is 157 Å². The number of nitrogens with one attached hydrogen (secondary N) is 1. The molecule has 2 amide bonds. The number of carbonyl (C=O) groups is 2. The third kappa shape index (κ3) is 3.30. The number of nitrogens with zero attached hydrogens (tertiary/aromatic N) is 2. The molecule has 6 heteroatoms. The molecule has 1 aliphatic rings. The van der Waals surface area contributed by atoms with Crippen LogP contribution in [0.2, 0.25) is 0 Å². The largest absolute Gasteiger partial charge is 0.453 e. The molecule has 27 heavy (non-hydrogen) atoms. The lowest BCUT2D eigenvalue weighted by molar-refractivity contribution is 0.0893. The van der Waals surface area contributed by atoms with E-state index in [9.17, 15) is 9.59 Å². The highest BCUT2D eigenvalue weighted by atomic mass is 16.5. The van der Waals surface area contributed by atoms with Crippen LogP contribution in [0, 0.1) is 0 Å². The van der Waals surface area contributed by atoms with Crippen LogP contribution in [0.4, 0.5) is 4.79 Å². The summed E-state index contributed by atoms with van der Waals surface area (Å²) in [7, 11) is 1.38. The maximum absolute atomic E-state index is 13.0. The normalized spacial score (nSPS) is 15.1. The number of methoxy groups -OCH3 is 1. The molecule has 0 aliphatic carbocycles. The van der Waals surface area contributed by atoms with Gasteiger partial charge in [-0.25, -0.2) is 4.79 Å². The quantitative estimate of drug-likeness (QED) is 0.709. The van der Waals surface area contributed by atoms with Gasteiger partial charge in [0, 0.05) is 30.7 Å². The van der Waals surface area contributed by atoms with Crippen molar-refractivity contribution in [3.63, 3.8) is 0 Å². The first-order chi connectivity index (χ1) is 13.2. The SMILES string of the molecule is COC(=O)N1CCC(NC(=O)c2cc3ccccc3c3cccnc23)CC1. The molecule has 1 N–H and O–H groups in total. The van der Waals surface area contributed by atoms with Crippen molar-refractivity contribution >= 4 is 33.7 Å². The van der Waals surface area contributed by atoms with Gasteiger partial charge in [-0.1, -0.05) is 30.3 Å². The predicted molar refractivity (Wildman–Crippen MR) is 104 cm³/mol. The number of rotatable bonds is 2. The van der Waals surface area contributed by atoms with Crippen LogP contribution in [-0.2, 0) is 4.74 Å². The summed E-state index contributed by atoms with van der Waals surface area (Å²) in [6.07, 6.45) is 2.81. The van der Waals surface area contributed by atoms with Gasteiger partial charge in [0.1, 0.15) is 0 Å². The fourth-order valence-electron chi connectivity index (χ4n) is 3.70. The number of aromatic nitrogens is 1. The lowest BCUT2D eigenvalue weighted by atomic mass is 9.99. The number of hydrogen-bond donors (Lipinski definition) is 1. The number of fused-ring (bicyclic) bond motifs is 3. The van der Waals surface area contributed by atoms with Crippen molar-refractivity contribution in [1.82, 2.24) is 15.2 Å². The zero-order valence-corrected chi connectivity index (χ0v) is 15.1. The molecule has 0 radical (unpaired) electrons. The predicted octanol–water partition coefficient (Wildman–Crippen LogP) is 3.35. The van der Waals surface area contributed by atoms with E-state index < -0.39 is 0 Å². The number of hydrogen-bond acceptors (Lipinski definition) is 4. The van der Waals surface area contributed by atoms with Gasteiger partial charge in [-0.2, -0.15) is 0 Å². The molecule has 0 atom stereocenters. The molecule has 138 valence electrons. The van der Waals surface area contributed by atoms with Crippen molar-refractivity contribution < 1.29 is 14.3 Å². The molecule has 1 fully saturated rings. The topological polar surface area (TPSA) is 71.5 Å². The first-order valence-corrected chi connectivity index (χ1v) is 9.07. The standard InChI is InChI=1S/C21H21N3O3/c1-27-21(26)24-11-8-15(9-12-24)23-20(25)18-13-14-5-2-3-6-16(14)17-7-4-10-22-19(17)18/h2-7,10,13,15H,8-9,11-12H2,1H3,(H,23,25). The van der Waals surface area contributed by atoms with Crippen molar-refractivity contribution in [2.24, 2.45) is 0 Å². The number of amides is 2. The molecule has 1 aromatic heterocycles. The molecule has 0 spiro atoms. The molecule has 1 saturated heterocycles. The molecule has 1 aliphatic heterocycles. The highest BCUT2D eigenvalue weighted by Gasteiger charge is 2.25. The van der Waals surface area contributed by atoms with Gasteiger partial charge in [0.2, 0.25) is 0 Å². The summed E-state index contributed by atoms with van der Waals surface area (Å²) < 4.78 is 4.76. The number of likely N-dealkylation sites (tertiary alicyclic amines) is 1. The second kappa shape index (κ2) is 7.23. The van der Waals surface area contributed by atoms with E-state index in [0.29, 0.717) is 37.0 Å². The van der Waals surface area contributed by atoms with Gasteiger partial charge in [0.15, 0.2) is 0 Å². The fraction of sp³-hybridized carbons (Fsp3) is 0.286. The summed E-state index contributed by atoms with van der Waals surface area (Å²) >= 11 is 0. The smallest absolute Gasteiger partial charge is 0.409 e. The first-order valence-electron chi connectivity index (χ1n) is 9.07. The summed E-state index contributed by atoms with van der Waals surface area (Å²) in [6, 6.07) is 13.8. The van der Waals surface area contributed by atoms with E-state index in [-0.39, 0.29) is 18.0 Å². The van der Waals surface area contributed by atoms with E-state index in [0.717, 1.165) is 16.2 Å². The maximum Gasteiger partial charge on any atom is 0.409 e. The van der Waals surface area contributed by atoms with Crippen molar-refractivity contribution in [2.45, 2.75) is 18.9 Å². The molecular weight excluding hydrogens is 342 g/mol. The van der Waals surface area contributed by atoms with Crippen LogP contribution in [0.25, 0.3) is 21.7 Å². The summed E-state index contributed by atoms with van der Waals surface area (Å²) in [5, 5.41) is 6.19. The number of piperidine rings is 1. The Morgan fingerprint density at radius 2 is 1.85 bits per heavy atom. The van der Waals surface area contributed by atoms with Crippen LogP contribution in [0.1, 0.15) is 23.2 Å². The van der Waals surface area contributed by atoms with Crippen LogP contribution < -0.4 is 5.32 Å². The van der Waals surface area contributed by atoms with E-state index in [1.165, 1.54) is 7.11 Å². The minimum Gasteiger partial charge on any atom is -0.453 e. The van der Waals surface area contributed by atoms with Crippen molar-refractivity contribution in [3.8, 4) is 0 Å². The van der Waals surface area contributed by atoms with E-state index >= 15 is 0 Å². The van der Waals surface area contributed by atoms with E-state index in [1.807, 2.05) is 42.5 Å². The van der Waals surface area contributed by atoms with E-state index in [1.54, 1.807) is 11.1 Å². The second-order valence-electron chi connectivity index (χ2n) is 6.75. The van der Waals surface area contributed by atoms with Crippen LogP contribution in [0.3, 0.4) is 0 Å². The van der Waals surface area contributed by atoms with Crippen LogP contribution in [0.15, 0.2) is 48.7 Å². The Hall–Kier alpha value is -3.15. The van der Waals surface area contributed by atoms with Crippen molar-refractivity contribution in [1.29, 1.82) is 0 Å². The van der Waals surface area contributed by atoms with Crippen LogP contribution in [-0.4, -0.2) is 48.1 Å². The van der Waals surface area contributed by atoms with Gasteiger partial charge < -0.3 is 15.0 Å². The monoisotopic (exact) mass is 363 g/mol. The average molecular weight is 363 g/mol. The van der Waals surface area contributed by atoms with Crippen LogP contribution in [0.5, 0.6) is 0 Å². The Morgan fingerprint density at radius 1 is 1.11 bits per heavy atom. The molecule has 2 aromatic carbocycles. The zero-order valence-electron chi connectivity index (χ0n) is 15.1. The second-order valence-corrected chi connectivity index (χ2v) is 6.75. The lowest BCUT2D eigenvalue weighted by Crippen LogP contribution is -2.46.